The molecule has 0 radical (unpaired) electrons. The molecular weight excluding hydrogens is 276 g/mol. The number of nitrogens with one attached hydrogen (secondary N) is 1. The molecule has 0 heterocycles. The Morgan fingerprint density at radius 3 is 2.57 bits per heavy atom. The van der Waals surface area contributed by atoms with Crippen LogP contribution in [0.2, 0.25) is 0 Å². The third-order valence-corrected chi connectivity index (χ3v) is 4.69. The van der Waals surface area contributed by atoms with Crippen LogP contribution in [0, 0.1) is 11.3 Å². The molecule has 3 heteroatoms. The van der Waals surface area contributed by atoms with E-state index in [1.165, 1.54) is 23.3 Å². The summed E-state index contributed by atoms with van der Waals surface area (Å²) in [4.78, 5) is 1.25. The maximum absolute atomic E-state index is 9.09. The van der Waals surface area contributed by atoms with Crippen molar-refractivity contribution >= 4 is 11.8 Å². The highest BCUT2D eigenvalue weighted by Crippen LogP contribution is 2.25. The summed E-state index contributed by atoms with van der Waals surface area (Å²) < 4.78 is 0. The first-order chi connectivity index (χ1) is 10.3. The van der Waals surface area contributed by atoms with Gasteiger partial charge >= 0.3 is 0 Å². The minimum atomic E-state index is 0.751. The maximum Gasteiger partial charge on any atom is 0.0994 e. The molecule has 106 valence electrons. The van der Waals surface area contributed by atoms with Gasteiger partial charge in [0.25, 0.3) is 0 Å². The van der Waals surface area contributed by atoms with Crippen molar-refractivity contribution in [3.8, 4) is 6.07 Å². The molecule has 2 nitrogen and oxygen atoms in total. The van der Waals surface area contributed by atoms with E-state index in [9.17, 15) is 0 Å². The molecule has 3 rings (SSSR count). The van der Waals surface area contributed by atoms with Gasteiger partial charge in [-0.3, -0.25) is 0 Å². The zero-order valence-corrected chi connectivity index (χ0v) is 12.7. The van der Waals surface area contributed by atoms with Gasteiger partial charge in [0.15, 0.2) is 0 Å². The summed E-state index contributed by atoms with van der Waals surface area (Å²) in [6, 6.07) is 19.5. The van der Waals surface area contributed by atoms with Gasteiger partial charge in [0.2, 0.25) is 0 Å². The van der Waals surface area contributed by atoms with E-state index in [0.717, 1.165) is 29.5 Å². The third-order valence-electron chi connectivity index (χ3n) is 3.63. The van der Waals surface area contributed by atoms with Crippen LogP contribution in [-0.4, -0.2) is 6.04 Å². The Bertz CT molecular complexity index is 639. The molecule has 1 fully saturated rings. The number of hydrogen-bond donors (Lipinski definition) is 1. The van der Waals surface area contributed by atoms with Crippen LogP contribution < -0.4 is 5.32 Å². The summed E-state index contributed by atoms with van der Waals surface area (Å²) in [6.07, 6.45) is 2.65. The first-order valence-corrected chi connectivity index (χ1v) is 8.27. The Kier molecular flexibility index (Phi) is 4.59. The fourth-order valence-electron chi connectivity index (χ4n) is 2.17. The lowest BCUT2D eigenvalue weighted by molar-refractivity contribution is 0.687. The van der Waals surface area contributed by atoms with E-state index in [2.05, 4.69) is 35.7 Å². The highest BCUT2D eigenvalue weighted by molar-refractivity contribution is 7.98. The second-order valence-corrected chi connectivity index (χ2v) is 6.41. The number of nitrogens with zero attached hydrogens (tertiary/aromatic N) is 1. The molecular formula is C18H18N2S. The molecule has 0 bridgehead atoms. The average Bonchev–Trinajstić information content (AvgIpc) is 3.36. The van der Waals surface area contributed by atoms with Crippen LogP contribution in [0.1, 0.15) is 29.5 Å². The smallest absolute Gasteiger partial charge is 0.0994 e. The molecule has 0 amide bonds. The molecule has 1 aliphatic carbocycles. The average molecular weight is 294 g/mol. The summed E-state index contributed by atoms with van der Waals surface area (Å²) in [5.74, 6) is 0.837. The van der Waals surface area contributed by atoms with Crippen LogP contribution in [0.4, 0.5) is 0 Å². The first kappa shape index (κ1) is 14.2. The minimum absolute atomic E-state index is 0.751. The van der Waals surface area contributed by atoms with E-state index in [0.29, 0.717) is 0 Å². The fraction of sp³-hybridized carbons (Fsp3) is 0.278. The van der Waals surface area contributed by atoms with E-state index >= 15 is 0 Å². The van der Waals surface area contributed by atoms with E-state index in [4.69, 9.17) is 5.26 Å². The predicted molar refractivity (Wildman–Crippen MR) is 87.0 cm³/mol. The highest BCUT2D eigenvalue weighted by atomic mass is 32.2. The van der Waals surface area contributed by atoms with Gasteiger partial charge in [0.1, 0.15) is 0 Å². The molecule has 0 aromatic heterocycles. The minimum Gasteiger partial charge on any atom is -0.310 e. The van der Waals surface area contributed by atoms with Crippen molar-refractivity contribution in [2.45, 2.75) is 36.1 Å². The Hall–Kier alpha value is -1.76. The Morgan fingerprint density at radius 1 is 1.10 bits per heavy atom. The monoisotopic (exact) mass is 294 g/mol. The zero-order valence-electron chi connectivity index (χ0n) is 11.9. The maximum atomic E-state index is 9.09. The Balaban J connectivity index is 1.56. The molecule has 0 aliphatic heterocycles. The van der Waals surface area contributed by atoms with Crippen LogP contribution in [0.25, 0.3) is 0 Å². The predicted octanol–water partition coefficient (Wildman–Crippen LogP) is 4.10. The van der Waals surface area contributed by atoms with Gasteiger partial charge in [-0.05, 0) is 42.2 Å². The molecule has 2 aromatic rings. The van der Waals surface area contributed by atoms with E-state index < -0.39 is 0 Å². The van der Waals surface area contributed by atoms with Crippen molar-refractivity contribution in [1.29, 1.82) is 5.26 Å². The lowest BCUT2D eigenvalue weighted by Gasteiger charge is -2.06. The topological polar surface area (TPSA) is 35.8 Å². The van der Waals surface area contributed by atoms with Gasteiger partial charge in [-0.25, -0.2) is 0 Å². The summed E-state index contributed by atoms with van der Waals surface area (Å²) in [5.41, 5.74) is 3.21. The molecule has 0 atom stereocenters. The standard InChI is InChI=1S/C18H18N2S/c19-11-15-3-1-2-4-16(15)13-21-18-9-5-14(6-10-18)12-20-17-7-8-17/h1-6,9-10,17,20H,7-8,12-13H2. The number of benzene rings is 2. The quantitative estimate of drug-likeness (QED) is 0.815. The second kappa shape index (κ2) is 6.80. The molecule has 1 saturated carbocycles. The normalized spacial score (nSPS) is 13.9. The number of nitriles is 1. The van der Waals surface area contributed by atoms with Crippen molar-refractivity contribution in [1.82, 2.24) is 5.32 Å². The van der Waals surface area contributed by atoms with Crippen molar-refractivity contribution < 1.29 is 0 Å². The van der Waals surface area contributed by atoms with E-state index in [1.54, 1.807) is 11.8 Å². The van der Waals surface area contributed by atoms with Crippen LogP contribution in [0.15, 0.2) is 53.4 Å². The number of rotatable bonds is 6. The summed E-state index contributed by atoms with van der Waals surface area (Å²) in [5, 5.41) is 12.6. The van der Waals surface area contributed by atoms with Gasteiger partial charge in [0.05, 0.1) is 11.6 Å². The molecule has 0 unspecified atom stereocenters. The largest absolute Gasteiger partial charge is 0.310 e. The van der Waals surface area contributed by atoms with Crippen LogP contribution in [-0.2, 0) is 12.3 Å². The van der Waals surface area contributed by atoms with E-state index in [-0.39, 0.29) is 0 Å². The van der Waals surface area contributed by atoms with Gasteiger partial charge in [-0.15, -0.1) is 11.8 Å². The van der Waals surface area contributed by atoms with Crippen molar-refractivity contribution in [3.63, 3.8) is 0 Å². The zero-order chi connectivity index (χ0) is 14.5. The number of hydrogen-bond acceptors (Lipinski definition) is 3. The summed E-state index contributed by atoms with van der Waals surface area (Å²) >= 11 is 1.78. The lowest BCUT2D eigenvalue weighted by Crippen LogP contribution is -2.14. The van der Waals surface area contributed by atoms with Gasteiger partial charge in [-0.2, -0.15) is 5.26 Å². The van der Waals surface area contributed by atoms with Crippen molar-refractivity contribution in [2.75, 3.05) is 0 Å². The SMILES string of the molecule is N#Cc1ccccc1CSc1ccc(CNC2CC2)cc1. The lowest BCUT2D eigenvalue weighted by atomic mass is 10.1. The second-order valence-electron chi connectivity index (χ2n) is 5.36. The number of thioether (sulfide) groups is 1. The Labute approximate surface area is 130 Å². The van der Waals surface area contributed by atoms with Crippen molar-refractivity contribution in [2.24, 2.45) is 0 Å². The van der Waals surface area contributed by atoms with Crippen LogP contribution in [0.5, 0.6) is 0 Å². The van der Waals surface area contributed by atoms with Crippen LogP contribution in [0.3, 0.4) is 0 Å². The molecule has 1 aliphatic rings. The van der Waals surface area contributed by atoms with Crippen molar-refractivity contribution in [3.05, 3.63) is 65.2 Å². The first-order valence-electron chi connectivity index (χ1n) is 7.28. The van der Waals surface area contributed by atoms with Gasteiger partial charge < -0.3 is 5.32 Å². The fourth-order valence-corrected chi connectivity index (χ4v) is 3.07. The molecule has 0 saturated heterocycles. The Morgan fingerprint density at radius 2 is 1.86 bits per heavy atom. The van der Waals surface area contributed by atoms with Gasteiger partial charge in [0, 0.05) is 23.2 Å². The molecule has 21 heavy (non-hydrogen) atoms. The molecule has 1 N–H and O–H groups in total. The molecule has 0 spiro atoms. The summed E-state index contributed by atoms with van der Waals surface area (Å²) in [7, 11) is 0. The van der Waals surface area contributed by atoms with E-state index in [1.807, 2.05) is 24.3 Å². The highest BCUT2D eigenvalue weighted by Gasteiger charge is 2.19. The third kappa shape index (κ3) is 4.10. The van der Waals surface area contributed by atoms with Gasteiger partial charge in [-0.1, -0.05) is 30.3 Å². The molecule has 2 aromatic carbocycles. The van der Waals surface area contributed by atoms with Crippen LogP contribution >= 0.6 is 11.8 Å². The summed E-state index contributed by atoms with van der Waals surface area (Å²) in [6.45, 7) is 0.965.